The molecule has 0 aromatic carbocycles. The molecular formula is C12H20N2O2. The highest BCUT2D eigenvalue weighted by Gasteiger charge is 2.15. The van der Waals surface area contributed by atoms with Crippen LogP contribution in [0.5, 0.6) is 0 Å². The van der Waals surface area contributed by atoms with Crippen molar-refractivity contribution in [1.82, 2.24) is 10.2 Å². The van der Waals surface area contributed by atoms with Crippen LogP contribution in [0.1, 0.15) is 38.5 Å². The van der Waals surface area contributed by atoms with Crippen LogP contribution in [0, 0.1) is 0 Å². The van der Waals surface area contributed by atoms with Gasteiger partial charge in [0.25, 0.3) is 0 Å². The third-order valence-electron chi connectivity index (χ3n) is 2.73. The van der Waals surface area contributed by atoms with Gasteiger partial charge in [-0.05, 0) is 25.5 Å². The van der Waals surface area contributed by atoms with E-state index in [1.807, 2.05) is 0 Å². The molecule has 2 aliphatic rings. The lowest BCUT2D eigenvalue weighted by Gasteiger charge is -2.05. The van der Waals surface area contributed by atoms with E-state index < -0.39 is 0 Å². The van der Waals surface area contributed by atoms with Crippen LogP contribution in [0.3, 0.4) is 0 Å². The molecule has 0 atom stereocenters. The number of hydrogen-bond donors (Lipinski definition) is 1. The Kier molecular flexibility index (Phi) is 5.61. The zero-order chi connectivity index (χ0) is 11.8. The molecule has 2 rings (SSSR count). The van der Waals surface area contributed by atoms with Crippen LogP contribution >= 0.6 is 0 Å². The van der Waals surface area contributed by atoms with Crippen molar-refractivity contribution in [3.05, 3.63) is 12.8 Å². The van der Waals surface area contributed by atoms with Crippen LogP contribution in [0.15, 0.2) is 12.8 Å². The number of nitrogens with zero attached hydrogens (tertiary/aromatic N) is 1. The van der Waals surface area contributed by atoms with Crippen molar-refractivity contribution in [2.75, 3.05) is 13.1 Å². The maximum absolute atomic E-state index is 10.7. The predicted molar refractivity (Wildman–Crippen MR) is 62.6 cm³/mol. The Labute approximate surface area is 96.7 Å². The fourth-order valence-electron chi connectivity index (χ4n) is 1.77. The van der Waals surface area contributed by atoms with E-state index >= 15 is 0 Å². The Morgan fingerprint density at radius 3 is 2.50 bits per heavy atom. The van der Waals surface area contributed by atoms with Crippen molar-refractivity contribution in [2.24, 2.45) is 0 Å². The second kappa shape index (κ2) is 7.04. The first-order valence-corrected chi connectivity index (χ1v) is 5.93. The lowest BCUT2D eigenvalue weighted by molar-refractivity contribution is -0.125. The molecule has 2 aliphatic heterocycles. The molecule has 0 aromatic heterocycles. The molecule has 1 N–H and O–H groups in total. The van der Waals surface area contributed by atoms with Crippen molar-refractivity contribution >= 4 is 11.8 Å². The van der Waals surface area contributed by atoms with Crippen molar-refractivity contribution in [3.63, 3.8) is 0 Å². The van der Waals surface area contributed by atoms with E-state index in [9.17, 15) is 9.59 Å². The van der Waals surface area contributed by atoms with E-state index in [0.29, 0.717) is 6.42 Å². The van der Waals surface area contributed by atoms with Gasteiger partial charge in [0.2, 0.25) is 11.8 Å². The smallest absolute Gasteiger partial charge is 0.226 e. The van der Waals surface area contributed by atoms with E-state index in [1.54, 1.807) is 11.1 Å². The van der Waals surface area contributed by atoms with Crippen molar-refractivity contribution in [2.45, 2.75) is 38.5 Å². The normalized spacial score (nSPS) is 20.6. The number of carbonyl (C=O) groups is 2. The van der Waals surface area contributed by atoms with Gasteiger partial charge in [-0.25, -0.2) is 0 Å². The molecule has 0 radical (unpaired) electrons. The summed E-state index contributed by atoms with van der Waals surface area (Å²) in [5, 5.41) is 2.81. The number of hydrogen-bond acceptors (Lipinski definition) is 2. The van der Waals surface area contributed by atoms with Crippen LogP contribution < -0.4 is 5.32 Å². The number of amides is 2. The zero-order valence-electron chi connectivity index (χ0n) is 9.71. The van der Waals surface area contributed by atoms with Gasteiger partial charge in [-0.2, -0.15) is 0 Å². The van der Waals surface area contributed by atoms with Gasteiger partial charge in [-0.1, -0.05) is 13.0 Å². The highest BCUT2D eigenvalue weighted by Crippen LogP contribution is 2.08. The molecule has 16 heavy (non-hydrogen) atoms. The SMILES string of the molecule is C=CN1CCCC1=O.O=C1CCCCCN1. The lowest BCUT2D eigenvalue weighted by Crippen LogP contribution is -2.21. The Hall–Kier alpha value is -1.32. The minimum absolute atomic E-state index is 0.208. The molecule has 90 valence electrons. The van der Waals surface area contributed by atoms with Crippen molar-refractivity contribution in [1.29, 1.82) is 0 Å². The molecule has 2 fully saturated rings. The minimum atomic E-state index is 0.208. The summed E-state index contributed by atoms with van der Waals surface area (Å²) in [6, 6.07) is 0. The predicted octanol–water partition coefficient (Wildman–Crippen LogP) is 1.43. The molecule has 0 spiro atoms. The quantitative estimate of drug-likeness (QED) is 0.732. The van der Waals surface area contributed by atoms with Gasteiger partial charge in [-0.15, -0.1) is 0 Å². The molecule has 0 aliphatic carbocycles. The third kappa shape index (κ3) is 4.47. The van der Waals surface area contributed by atoms with Gasteiger partial charge in [0.1, 0.15) is 0 Å². The maximum Gasteiger partial charge on any atom is 0.226 e. The van der Waals surface area contributed by atoms with Gasteiger partial charge < -0.3 is 10.2 Å². The molecule has 0 unspecified atom stereocenters. The van der Waals surface area contributed by atoms with Crippen molar-refractivity contribution < 1.29 is 9.59 Å². The molecule has 4 heteroatoms. The Balaban J connectivity index is 0.000000160. The molecule has 0 aromatic rings. The summed E-state index contributed by atoms with van der Waals surface area (Å²) < 4.78 is 0. The first-order chi connectivity index (χ1) is 7.74. The fraction of sp³-hybridized carbons (Fsp3) is 0.667. The zero-order valence-corrected chi connectivity index (χ0v) is 9.71. The summed E-state index contributed by atoms with van der Waals surface area (Å²) >= 11 is 0. The summed E-state index contributed by atoms with van der Waals surface area (Å²) in [5.74, 6) is 0.433. The first kappa shape index (κ1) is 12.7. The summed E-state index contributed by atoms with van der Waals surface area (Å²) in [5.41, 5.74) is 0. The molecule has 0 bridgehead atoms. The van der Waals surface area contributed by atoms with Gasteiger partial charge in [0.15, 0.2) is 0 Å². The number of rotatable bonds is 1. The standard InChI is InChI=1S/C6H9NO.C6H11NO/c1-2-7-5-3-4-6(7)8;8-6-4-2-1-3-5-7-6/h2H,1,3-5H2;1-5H2,(H,7,8). The molecule has 2 heterocycles. The summed E-state index contributed by atoms with van der Waals surface area (Å²) in [6.45, 7) is 5.25. The summed E-state index contributed by atoms with van der Waals surface area (Å²) in [6.07, 6.45) is 7.46. The van der Waals surface area contributed by atoms with Gasteiger partial charge in [0.05, 0.1) is 0 Å². The Morgan fingerprint density at radius 2 is 1.94 bits per heavy atom. The third-order valence-corrected chi connectivity index (χ3v) is 2.73. The maximum atomic E-state index is 10.7. The molecule has 2 saturated heterocycles. The average Bonchev–Trinajstić information content (AvgIpc) is 2.54. The summed E-state index contributed by atoms with van der Waals surface area (Å²) in [4.78, 5) is 22.9. The van der Waals surface area contributed by atoms with E-state index in [4.69, 9.17) is 0 Å². The Bertz CT molecular complexity index is 254. The van der Waals surface area contributed by atoms with Crippen LogP contribution in [-0.4, -0.2) is 29.8 Å². The van der Waals surface area contributed by atoms with Gasteiger partial charge in [0, 0.05) is 25.9 Å². The highest BCUT2D eigenvalue weighted by atomic mass is 16.2. The summed E-state index contributed by atoms with van der Waals surface area (Å²) in [7, 11) is 0. The van der Waals surface area contributed by atoms with Crippen LogP contribution in [0.4, 0.5) is 0 Å². The largest absolute Gasteiger partial charge is 0.356 e. The number of nitrogens with one attached hydrogen (secondary N) is 1. The van der Waals surface area contributed by atoms with Crippen LogP contribution in [0.25, 0.3) is 0 Å². The molecular weight excluding hydrogens is 204 g/mol. The fourth-order valence-corrected chi connectivity index (χ4v) is 1.77. The molecule has 4 nitrogen and oxygen atoms in total. The van der Waals surface area contributed by atoms with E-state index in [2.05, 4.69) is 11.9 Å². The average molecular weight is 224 g/mol. The topological polar surface area (TPSA) is 49.4 Å². The van der Waals surface area contributed by atoms with Gasteiger partial charge >= 0.3 is 0 Å². The highest BCUT2D eigenvalue weighted by molar-refractivity contribution is 5.78. The monoisotopic (exact) mass is 224 g/mol. The van der Waals surface area contributed by atoms with E-state index in [-0.39, 0.29) is 11.8 Å². The second-order valence-corrected chi connectivity index (χ2v) is 4.03. The second-order valence-electron chi connectivity index (χ2n) is 4.03. The van der Waals surface area contributed by atoms with Crippen molar-refractivity contribution in [3.8, 4) is 0 Å². The number of likely N-dealkylation sites (tertiary alicyclic amines) is 1. The van der Waals surface area contributed by atoms with Crippen LogP contribution in [-0.2, 0) is 9.59 Å². The molecule has 0 saturated carbocycles. The van der Waals surface area contributed by atoms with Crippen LogP contribution in [0.2, 0.25) is 0 Å². The number of carbonyl (C=O) groups excluding carboxylic acids is 2. The molecule has 2 amide bonds. The minimum Gasteiger partial charge on any atom is -0.356 e. The van der Waals surface area contributed by atoms with E-state index in [0.717, 1.165) is 38.8 Å². The Morgan fingerprint density at radius 1 is 1.12 bits per heavy atom. The lowest BCUT2D eigenvalue weighted by atomic mass is 10.2. The van der Waals surface area contributed by atoms with E-state index in [1.165, 1.54) is 6.42 Å². The van der Waals surface area contributed by atoms with Gasteiger partial charge in [-0.3, -0.25) is 9.59 Å². The first-order valence-electron chi connectivity index (χ1n) is 5.93.